The molecule has 2 aliphatic heterocycles. The highest BCUT2D eigenvalue weighted by atomic mass is 15.3. The Morgan fingerprint density at radius 1 is 1.62 bits per heavy atom. The molecule has 0 aromatic carbocycles. The molecule has 3 N–H and O–H groups in total. The molecule has 74 valence electrons. The van der Waals surface area contributed by atoms with Crippen LogP contribution in [-0.4, -0.2) is 42.1 Å². The predicted molar refractivity (Wildman–Crippen MR) is 53.7 cm³/mol. The Labute approximate surface area is 79.2 Å². The zero-order valence-electron chi connectivity index (χ0n) is 8.38. The molecule has 2 heterocycles. The molecule has 1 saturated heterocycles. The summed E-state index contributed by atoms with van der Waals surface area (Å²) in [6.45, 7) is 7.56. The Morgan fingerprint density at radius 2 is 2.38 bits per heavy atom. The number of nitrogens with zero attached hydrogens (tertiary/aromatic N) is 2. The van der Waals surface area contributed by atoms with Crippen LogP contribution >= 0.6 is 0 Å². The summed E-state index contributed by atoms with van der Waals surface area (Å²) in [6, 6.07) is 0.628. The van der Waals surface area contributed by atoms with Crippen molar-refractivity contribution in [2.75, 3.05) is 19.6 Å². The highest BCUT2D eigenvalue weighted by Crippen LogP contribution is 2.25. The van der Waals surface area contributed by atoms with Crippen LogP contribution < -0.4 is 11.1 Å². The van der Waals surface area contributed by atoms with Crippen LogP contribution in [0.2, 0.25) is 0 Å². The second kappa shape index (κ2) is 2.87. The van der Waals surface area contributed by atoms with E-state index in [2.05, 4.69) is 29.1 Å². The SMILES string of the molecule is CC(C)N1CCC2(CN=C(N)N2)C1. The Hall–Kier alpha value is -0.770. The molecule has 0 aromatic heterocycles. The third-order valence-electron chi connectivity index (χ3n) is 3.06. The molecule has 2 aliphatic rings. The van der Waals surface area contributed by atoms with Crippen molar-refractivity contribution in [1.29, 1.82) is 0 Å². The number of hydrogen-bond acceptors (Lipinski definition) is 4. The number of aliphatic imine (C=N–C) groups is 1. The van der Waals surface area contributed by atoms with Crippen LogP contribution in [-0.2, 0) is 0 Å². The molecule has 13 heavy (non-hydrogen) atoms. The summed E-state index contributed by atoms with van der Waals surface area (Å²) in [7, 11) is 0. The first-order chi connectivity index (χ1) is 6.11. The summed E-state index contributed by atoms with van der Waals surface area (Å²) in [6.07, 6.45) is 1.16. The van der Waals surface area contributed by atoms with Gasteiger partial charge in [-0.25, -0.2) is 0 Å². The summed E-state index contributed by atoms with van der Waals surface area (Å²) < 4.78 is 0. The third kappa shape index (κ3) is 1.50. The zero-order valence-corrected chi connectivity index (χ0v) is 8.38. The number of hydrogen-bond donors (Lipinski definition) is 2. The summed E-state index contributed by atoms with van der Waals surface area (Å²) >= 11 is 0. The molecule has 1 atom stereocenters. The molecule has 1 unspecified atom stereocenters. The van der Waals surface area contributed by atoms with Crippen molar-refractivity contribution in [1.82, 2.24) is 10.2 Å². The molecule has 0 aromatic rings. The van der Waals surface area contributed by atoms with Crippen LogP contribution in [0.3, 0.4) is 0 Å². The number of rotatable bonds is 1. The van der Waals surface area contributed by atoms with Crippen molar-refractivity contribution in [3.05, 3.63) is 0 Å². The van der Waals surface area contributed by atoms with E-state index in [4.69, 9.17) is 5.73 Å². The van der Waals surface area contributed by atoms with Gasteiger partial charge in [-0.1, -0.05) is 0 Å². The van der Waals surface area contributed by atoms with Gasteiger partial charge in [-0.2, -0.15) is 0 Å². The first-order valence-electron chi connectivity index (χ1n) is 4.93. The van der Waals surface area contributed by atoms with E-state index in [-0.39, 0.29) is 5.54 Å². The minimum Gasteiger partial charge on any atom is -0.370 e. The van der Waals surface area contributed by atoms with E-state index in [0.29, 0.717) is 12.0 Å². The van der Waals surface area contributed by atoms with Gasteiger partial charge in [0.15, 0.2) is 5.96 Å². The molecule has 0 aliphatic carbocycles. The van der Waals surface area contributed by atoms with Gasteiger partial charge >= 0.3 is 0 Å². The van der Waals surface area contributed by atoms with Gasteiger partial charge in [0.2, 0.25) is 0 Å². The van der Waals surface area contributed by atoms with Crippen LogP contribution in [0.25, 0.3) is 0 Å². The highest BCUT2D eigenvalue weighted by molar-refractivity contribution is 5.80. The van der Waals surface area contributed by atoms with Gasteiger partial charge in [-0.15, -0.1) is 0 Å². The largest absolute Gasteiger partial charge is 0.370 e. The highest BCUT2D eigenvalue weighted by Gasteiger charge is 2.41. The fraction of sp³-hybridized carbons (Fsp3) is 0.889. The number of guanidine groups is 1. The standard InChI is InChI=1S/C9H18N4/c1-7(2)13-4-3-9(6-13)5-11-8(10)12-9/h7H,3-6H2,1-2H3,(H3,10,11,12). The van der Waals surface area contributed by atoms with Gasteiger partial charge < -0.3 is 11.1 Å². The van der Waals surface area contributed by atoms with Crippen molar-refractivity contribution in [2.45, 2.75) is 31.8 Å². The van der Waals surface area contributed by atoms with Gasteiger partial charge in [-0.05, 0) is 20.3 Å². The maximum Gasteiger partial charge on any atom is 0.189 e. The third-order valence-corrected chi connectivity index (χ3v) is 3.06. The molecule has 0 bridgehead atoms. The van der Waals surface area contributed by atoms with E-state index in [1.54, 1.807) is 0 Å². The minimum atomic E-state index is 0.161. The summed E-state index contributed by atoms with van der Waals surface area (Å²) in [5.41, 5.74) is 5.79. The molecular weight excluding hydrogens is 164 g/mol. The molecule has 2 rings (SSSR count). The summed E-state index contributed by atoms with van der Waals surface area (Å²) in [5, 5.41) is 3.30. The van der Waals surface area contributed by atoms with Crippen molar-refractivity contribution in [2.24, 2.45) is 10.7 Å². The number of nitrogens with one attached hydrogen (secondary N) is 1. The lowest BCUT2D eigenvalue weighted by Gasteiger charge is -2.26. The molecule has 4 heteroatoms. The lowest BCUT2D eigenvalue weighted by atomic mass is 10.0. The van der Waals surface area contributed by atoms with E-state index in [1.807, 2.05) is 0 Å². The first-order valence-corrected chi connectivity index (χ1v) is 4.93. The molecule has 0 saturated carbocycles. The van der Waals surface area contributed by atoms with Gasteiger partial charge in [0.05, 0.1) is 12.1 Å². The second-order valence-electron chi connectivity index (χ2n) is 4.42. The second-order valence-corrected chi connectivity index (χ2v) is 4.42. The average Bonchev–Trinajstić information content (AvgIpc) is 2.61. The van der Waals surface area contributed by atoms with Gasteiger partial charge in [0.1, 0.15) is 0 Å². The van der Waals surface area contributed by atoms with E-state index in [0.717, 1.165) is 26.1 Å². The molecule has 1 spiro atoms. The van der Waals surface area contributed by atoms with E-state index >= 15 is 0 Å². The topological polar surface area (TPSA) is 53.6 Å². The molecule has 0 amide bonds. The Balaban J connectivity index is 1.99. The Kier molecular flexibility index (Phi) is 1.95. The van der Waals surface area contributed by atoms with Crippen molar-refractivity contribution < 1.29 is 0 Å². The molecular formula is C9H18N4. The zero-order chi connectivity index (χ0) is 9.47. The fourth-order valence-corrected chi connectivity index (χ4v) is 2.16. The smallest absolute Gasteiger partial charge is 0.189 e. The number of nitrogens with two attached hydrogens (primary N) is 1. The van der Waals surface area contributed by atoms with Crippen LogP contribution in [0, 0.1) is 0 Å². The maximum absolute atomic E-state index is 5.63. The van der Waals surface area contributed by atoms with Gasteiger partial charge in [0, 0.05) is 19.1 Å². The van der Waals surface area contributed by atoms with E-state index in [1.165, 1.54) is 0 Å². The van der Waals surface area contributed by atoms with Crippen LogP contribution in [0.5, 0.6) is 0 Å². The Bertz CT molecular complexity index is 236. The first kappa shape index (κ1) is 8.81. The molecule has 4 nitrogen and oxygen atoms in total. The van der Waals surface area contributed by atoms with Crippen LogP contribution in [0.1, 0.15) is 20.3 Å². The van der Waals surface area contributed by atoms with Gasteiger partial charge in [0.25, 0.3) is 0 Å². The summed E-state index contributed by atoms with van der Waals surface area (Å²) in [5.74, 6) is 0.616. The normalized spacial score (nSPS) is 34.2. The quantitative estimate of drug-likeness (QED) is 0.588. The average molecular weight is 182 g/mol. The molecule has 0 radical (unpaired) electrons. The molecule has 1 fully saturated rings. The lowest BCUT2D eigenvalue weighted by Crippen LogP contribution is -2.50. The number of likely N-dealkylation sites (tertiary alicyclic amines) is 1. The fourth-order valence-electron chi connectivity index (χ4n) is 2.16. The Morgan fingerprint density at radius 3 is 2.85 bits per heavy atom. The maximum atomic E-state index is 5.63. The lowest BCUT2D eigenvalue weighted by molar-refractivity contribution is 0.255. The van der Waals surface area contributed by atoms with Crippen LogP contribution in [0.15, 0.2) is 4.99 Å². The van der Waals surface area contributed by atoms with Crippen LogP contribution in [0.4, 0.5) is 0 Å². The van der Waals surface area contributed by atoms with Crippen molar-refractivity contribution >= 4 is 5.96 Å². The van der Waals surface area contributed by atoms with E-state index < -0.39 is 0 Å². The monoisotopic (exact) mass is 182 g/mol. The van der Waals surface area contributed by atoms with Gasteiger partial charge in [-0.3, -0.25) is 9.89 Å². The summed E-state index contributed by atoms with van der Waals surface area (Å²) in [4.78, 5) is 6.70. The van der Waals surface area contributed by atoms with Crippen molar-refractivity contribution in [3.63, 3.8) is 0 Å². The minimum absolute atomic E-state index is 0.161. The van der Waals surface area contributed by atoms with Crippen molar-refractivity contribution in [3.8, 4) is 0 Å². The predicted octanol–water partition coefficient (Wildman–Crippen LogP) is -0.243. The van der Waals surface area contributed by atoms with E-state index in [9.17, 15) is 0 Å².